The number of carbonyl (C=O) groups is 1. The molecule has 2 rings (SSSR count). The number of piperazine rings is 1. The minimum atomic E-state index is -3.71. The second-order valence-electron chi connectivity index (χ2n) is 7.02. The van der Waals surface area contributed by atoms with Gasteiger partial charge in [0.2, 0.25) is 15.9 Å². The molecule has 1 aromatic carbocycles. The van der Waals surface area contributed by atoms with Crippen LogP contribution in [-0.2, 0) is 14.8 Å². The molecule has 0 aliphatic carbocycles. The van der Waals surface area contributed by atoms with Gasteiger partial charge in [-0.2, -0.15) is 4.31 Å². The number of hydrogen-bond acceptors (Lipinski definition) is 4. The van der Waals surface area contributed by atoms with Gasteiger partial charge in [-0.1, -0.05) is 36.2 Å². The minimum absolute atomic E-state index is 0.0163. The molecule has 1 aliphatic rings. The maximum atomic E-state index is 12.8. The molecule has 26 heavy (non-hydrogen) atoms. The van der Waals surface area contributed by atoms with E-state index in [0.29, 0.717) is 26.2 Å². The molecule has 0 atom stereocenters. The van der Waals surface area contributed by atoms with Crippen molar-refractivity contribution in [2.24, 2.45) is 0 Å². The lowest BCUT2D eigenvalue weighted by Gasteiger charge is -2.34. The topological polar surface area (TPSA) is 69.7 Å². The fourth-order valence-electron chi connectivity index (χ4n) is 2.66. The first-order chi connectivity index (χ1) is 12.1. The van der Waals surface area contributed by atoms with Crippen LogP contribution >= 0.6 is 23.2 Å². The maximum absolute atomic E-state index is 12.8. The number of nitrogens with zero attached hydrogens (tertiary/aromatic N) is 2. The monoisotopic (exact) mass is 421 g/mol. The minimum Gasteiger partial charge on any atom is -0.350 e. The number of hydrogen-bond donors (Lipinski definition) is 1. The molecule has 0 unspecified atom stereocenters. The van der Waals surface area contributed by atoms with Gasteiger partial charge < -0.3 is 5.32 Å². The van der Waals surface area contributed by atoms with Crippen LogP contribution < -0.4 is 5.32 Å². The van der Waals surface area contributed by atoms with Crippen LogP contribution in [0.25, 0.3) is 0 Å². The Morgan fingerprint density at radius 2 is 1.81 bits per heavy atom. The second-order valence-corrected chi connectivity index (χ2v) is 9.71. The molecule has 1 aromatic rings. The lowest BCUT2D eigenvalue weighted by atomic mass is 10.0. The van der Waals surface area contributed by atoms with E-state index < -0.39 is 10.0 Å². The highest BCUT2D eigenvalue weighted by molar-refractivity contribution is 7.89. The predicted molar refractivity (Wildman–Crippen MR) is 104 cm³/mol. The zero-order valence-electron chi connectivity index (χ0n) is 15.3. The molecule has 1 heterocycles. The van der Waals surface area contributed by atoms with Crippen molar-refractivity contribution in [1.29, 1.82) is 0 Å². The Morgan fingerprint density at radius 1 is 1.19 bits per heavy atom. The fraction of sp³-hybridized carbons (Fsp3) is 0.588. The number of amides is 1. The summed E-state index contributed by atoms with van der Waals surface area (Å²) in [4.78, 5) is 14.1. The first kappa shape index (κ1) is 21.4. The third-order valence-electron chi connectivity index (χ3n) is 4.59. The number of benzene rings is 1. The molecule has 146 valence electrons. The van der Waals surface area contributed by atoms with Gasteiger partial charge in [-0.3, -0.25) is 9.69 Å². The summed E-state index contributed by atoms with van der Waals surface area (Å²) in [6, 6.07) is 4.57. The van der Waals surface area contributed by atoms with Crippen LogP contribution in [0.3, 0.4) is 0 Å². The van der Waals surface area contributed by atoms with Crippen molar-refractivity contribution in [2.75, 3.05) is 32.7 Å². The van der Waals surface area contributed by atoms with Crippen molar-refractivity contribution in [3.8, 4) is 0 Å². The first-order valence-corrected chi connectivity index (χ1v) is 10.7. The summed E-state index contributed by atoms with van der Waals surface area (Å²) >= 11 is 12.0. The van der Waals surface area contributed by atoms with Gasteiger partial charge in [0.1, 0.15) is 4.90 Å². The second kappa shape index (κ2) is 8.44. The highest BCUT2D eigenvalue weighted by atomic mass is 35.5. The lowest BCUT2D eigenvalue weighted by Crippen LogP contribution is -2.53. The van der Waals surface area contributed by atoms with Crippen LogP contribution in [0, 0.1) is 0 Å². The Hall–Kier alpha value is -0.860. The number of rotatable bonds is 6. The lowest BCUT2D eigenvalue weighted by molar-refractivity contribution is -0.124. The Balaban J connectivity index is 1.97. The smallest absolute Gasteiger partial charge is 0.244 e. The van der Waals surface area contributed by atoms with Gasteiger partial charge in [0.25, 0.3) is 0 Å². The van der Waals surface area contributed by atoms with E-state index in [0.717, 1.165) is 6.42 Å². The van der Waals surface area contributed by atoms with E-state index in [-0.39, 0.29) is 32.9 Å². The Kier molecular flexibility index (Phi) is 6.96. The molecule has 1 saturated heterocycles. The molecule has 0 aromatic heterocycles. The largest absolute Gasteiger partial charge is 0.350 e. The molecule has 0 radical (unpaired) electrons. The summed E-state index contributed by atoms with van der Waals surface area (Å²) in [5.74, 6) is -0.0500. The van der Waals surface area contributed by atoms with E-state index in [1.165, 1.54) is 10.4 Å². The van der Waals surface area contributed by atoms with Crippen LogP contribution in [0.5, 0.6) is 0 Å². The van der Waals surface area contributed by atoms with Crippen molar-refractivity contribution < 1.29 is 13.2 Å². The van der Waals surface area contributed by atoms with E-state index in [1.54, 1.807) is 12.1 Å². The molecule has 9 heteroatoms. The molecular weight excluding hydrogens is 397 g/mol. The summed E-state index contributed by atoms with van der Waals surface area (Å²) in [7, 11) is -3.71. The Bertz CT molecular complexity index is 761. The summed E-state index contributed by atoms with van der Waals surface area (Å²) in [6.45, 7) is 7.80. The third kappa shape index (κ3) is 5.10. The quantitative estimate of drug-likeness (QED) is 0.765. The molecular formula is C17H25Cl2N3O3S. The van der Waals surface area contributed by atoms with Gasteiger partial charge in [0, 0.05) is 31.7 Å². The summed E-state index contributed by atoms with van der Waals surface area (Å²) in [6.07, 6.45) is 0.838. The number of sulfonamides is 1. The van der Waals surface area contributed by atoms with E-state index in [4.69, 9.17) is 23.2 Å². The van der Waals surface area contributed by atoms with Gasteiger partial charge in [0.15, 0.2) is 0 Å². The molecule has 6 nitrogen and oxygen atoms in total. The van der Waals surface area contributed by atoms with Crippen molar-refractivity contribution >= 4 is 39.1 Å². The van der Waals surface area contributed by atoms with Gasteiger partial charge in [-0.05, 0) is 32.4 Å². The van der Waals surface area contributed by atoms with Crippen molar-refractivity contribution in [3.05, 3.63) is 28.2 Å². The predicted octanol–water partition coefficient (Wildman–Crippen LogP) is 2.60. The average Bonchev–Trinajstić information content (AvgIpc) is 2.57. The number of carbonyl (C=O) groups excluding carboxylic acids is 1. The zero-order chi connectivity index (χ0) is 19.5. The van der Waals surface area contributed by atoms with E-state index in [2.05, 4.69) is 5.32 Å². The fourth-order valence-corrected chi connectivity index (χ4v) is 4.82. The number of halogens is 2. The third-order valence-corrected chi connectivity index (χ3v) is 7.47. The molecule has 1 fully saturated rings. The molecule has 0 bridgehead atoms. The SMILES string of the molecule is CCC(C)(C)NC(=O)CN1CCN(S(=O)(=O)c2cccc(Cl)c2Cl)CC1. The van der Waals surface area contributed by atoms with Crippen LogP contribution in [0.1, 0.15) is 27.2 Å². The van der Waals surface area contributed by atoms with Gasteiger partial charge in [-0.15, -0.1) is 0 Å². The van der Waals surface area contributed by atoms with E-state index in [9.17, 15) is 13.2 Å². The summed E-state index contributed by atoms with van der Waals surface area (Å²) in [5.41, 5.74) is -0.244. The number of nitrogens with one attached hydrogen (secondary N) is 1. The zero-order valence-corrected chi connectivity index (χ0v) is 17.6. The highest BCUT2D eigenvalue weighted by Crippen LogP contribution is 2.31. The van der Waals surface area contributed by atoms with E-state index >= 15 is 0 Å². The molecule has 0 saturated carbocycles. The Labute approximate surface area is 165 Å². The van der Waals surface area contributed by atoms with Gasteiger partial charge >= 0.3 is 0 Å². The van der Waals surface area contributed by atoms with Crippen LogP contribution in [0.4, 0.5) is 0 Å². The summed E-state index contributed by atoms with van der Waals surface area (Å²) in [5, 5.41) is 3.24. The highest BCUT2D eigenvalue weighted by Gasteiger charge is 2.31. The standard InChI is InChI=1S/C17H25Cl2N3O3S/c1-4-17(2,3)20-15(23)12-21-8-10-22(11-9-21)26(24,25)14-7-5-6-13(18)16(14)19/h5-7H,4,8-12H2,1-3H3,(H,20,23). The van der Waals surface area contributed by atoms with Gasteiger partial charge in [-0.25, -0.2) is 8.42 Å². The van der Waals surface area contributed by atoms with Gasteiger partial charge in [0.05, 0.1) is 16.6 Å². The molecule has 1 amide bonds. The molecule has 1 N–H and O–H groups in total. The van der Waals surface area contributed by atoms with Crippen LogP contribution in [-0.4, -0.2) is 61.8 Å². The Morgan fingerprint density at radius 3 is 2.38 bits per heavy atom. The van der Waals surface area contributed by atoms with Crippen molar-refractivity contribution in [2.45, 2.75) is 37.6 Å². The van der Waals surface area contributed by atoms with Crippen LogP contribution in [0.2, 0.25) is 10.0 Å². The maximum Gasteiger partial charge on any atom is 0.244 e. The first-order valence-electron chi connectivity index (χ1n) is 8.54. The molecule has 0 spiro atoms. The van der Waals surface area contributed by atoms with Crippen LogP contribution in [0.15, 0.2) is 23.1 Å². The molecule has 1 aliphatic heterocycles. The normalized spacial score (nSPS) is 17.3. The summed E-state index contributed by atoms with van der Waals surface area (Å²) < 4.78 is 27.0. The average molecular weight is 422 g/mol. The van der Waals surface area contributed by atoms with Crippen molar-refractivity contribution in [3.63, 3.8) is 0 Å². The van der Waals surface area contributed by atoms with Crippen molar-refractivity contribution in [1.82, 2.24) is 14.5 Å². The van der Waals surface area contributed by atoms with E-state index in [1.807, 2.05) is 25.7 Å².